The Bertz CT molecular complexity index is 101. The Kier molecular flexibility index (Phi) is 3.14. The van der Waals surface area contributed by atoms with E-state index < -0.39 is 11.8 Å². The molecule has 2 nitrogen and oxygen atoms in total. The number of hydrogen-bond acceptors (Lipinski definition) is 2. The van der Waals surface area contributed by atoms with Gasteiger partial charge in [0.2, 0.25) is 0 Å². The summed E-state index contributed by atoms with van der Waals surface area (Å²) in [6, 6.07) is 0. The third kappa shape index (κ3) is 2.72. The summed E-state index contributed by atoms with van der Waals surface area (Å²) in [6.07, 6.45) is 0. The summed E-state index contributed by atoms with van der Waals surface area (Å²) in [5, 5.41) is 0. The van der Waals surface area contributed by atoms with Crippen molar-refractivity contribution in [3.8, 4) is 0 Å². The van der Waals surface area contributed by atoms with Gasteiger partial charge in [0.15, 0.2) is 0 Å². The third-order valence-corrected chi connectivity index (χ3v) is 1.16. The van der Waals surface area contributed by atoms with Gasteiger partial charge in [-0.1, -0.05) is 0 Å². The van der Waals surface area contributed by atoms with Crippen LogP contribution in [0.1, 0.15) is 0 Å². The van der Waals surface area contributed by atoms with Crippen LogP contribution in [0, 0.1) is 0 Å². The van der Waals surface area contributed by atoms with E-state index in [-0.39, 0.29) is 26.2 Å². The first-order valence-electron chi connectivity index (χ1n) is 1.44. The molecule has 0 radical (unpaired) electrons. The van der Waals surface area contributed by atoms with Crippen molar-refractivity contribution < 1.29 is 11.9 Å². The molecule has 4 heteroatoms. The van der Waals surface area contributed by atoms with Gasteiger partial charge in [0.05, 0.1) is 0 Å². The van der Waals surface area contributed by atoms with Crippen LogP contribution in [0.2, 0.25) is 0 Å². The molecule has 0 aromatic heterocycles. The molecule has 0 rings (SSSR count). The van der Waals surface area contributed by atoms with E-state index >= 15 is 0 Å². The minimum absolute atomic E-state index is 0.0463. The predicted molar refractivity (Wildman–Crippen MR) is 22.1 cm³/mol. The Labute approximate surface area is 56.7 Å². The molecule has 0 aliphatic carbocycles. The fourth-order valence-electron chi connectivity index (χ4n) is 0.0639. The van der Waals surface area contributed by atoms with Crippen molar-refractivity contribution in [3.05, 3.63) is 12.4 Å². The van der Waals surface area contributed by atoms with Crippen LogP contribution in [0.25, 0.3) is 0 Å². The zero-order chi connectivity index (χ0) is 5.86. The van der Waals surface area contributed by atoms with E-state index in [0.29, 0.717) is 0 Å². The Morgan fingerprint density at radius 1 is 1.86 bits per heavy atom. The number of carbonyl (C=O) groups is 1. The van der Waals surface area contributed by atoms with Crippen molar-refractivity contribution in [1.29, 1.82) is 0 Å². The van der Waals surface area contributed by atoms with Crippen molar-refractivity contribution >= 4 is 32.2 Å². The molecule has 36 valence electrons. The van der Waals surface area contributed by atoms with Gasteiger partial charge in [0.25, 0.3) is 0 Å². The summed E-state index contributed by atoms with van der Waals surface area (Å²) >= 11 is 0.0463. The summed E-state index contributed by atoms with van der Waals surface area (Å²) in [5.41, 5.74) is 0. The zero-order valence-electron chi connectivity index (χ0n) is 3.48. The SMILES string of the molecule is C=C(F)C(=O)[O][Tl]. The van der Waals surface area contributed by atoms with Crippen LogP contribution in [0.3, 0.4) is 0 Å². The Hall–Kier alpha value is 0.0621. The normalized spacial score (nSPS) is 7.43. The van der Waals surface area contributed by atoms with Crippen molar-refractivity contribution in [1.82, 2.24) is 0 Å². The zero-order valence-corrected chi connectivity index (χ0v) is 7.97. The van der Waals surface area contributed by atoms with Crippen LogP contribution in [0.5, 0.6) is 0 Å². The molecule has 0 heterocycles. The predicted octanol–water partition coefficient (Wildman–Crippen LogP) is 0.0963. The number of carbonyl (C=O) groups excluding carboxylic acids is 1. The molecule has 0 fully saturated rings. The average Bonchev–Trinajstić information content (AvgIpc) is 1.65. The molecule has 0 bridgehead atoms. The van der Waals surface area contributed by atoms with E-state index in [1.807, 2.05) is 0 Å². The molecular weight excluding hydrogens is 291 g/mol. The average molecular weight is 293 g/mol. The number of halogens is 1. The van der Waals surface area contributed by atoms with Crippen LogP contribution in [0.15, 0.2) is 12.4 Å². The molecule has 0 amide bonds. The minimum atomic E-state index is -1.03. The van der Waals surface area contributed by atoms with Gasteiger partial charge < -0.3 is 0 Å². The van der Waals surface area contributed by atoms with Gasteiger partial charge in [-0.3, -0.25) is 0 Å². The van der Waals surface area contributed by atoms with E-state index in [9.17, 15) is 9.18 Å². The third-order valence-electron chi connectivity index (χ3n) is 0.329. The van der Waals surface area contributed by atoms with Crippen LogP contribution < -0.4 is 0 Å². The fourth-order valence-corrected chi connectivity index (χ4v) is 0.561. The van der Waals surface area contributed by atoms with E-state index in [1.54, 1.807) is 0 Å². The second kappa shape index (κ2) is 3.11. The maximum atomic E-state index is 11.5. The Balaban J connectivity index is 3.58. The summed E-state index contributed by atoms with van der Waals surface area (Å²) in [6.45, 7) is 2.71. The van der Waals surface area contributed by atoms with E-state index in [2.05, 4.69) is 9.27 Å². The van der Waals surface area contributed by atoms with Gasteiger partial charge in [-0.05, 0) is 0 Å². The van der Waals surface area contributed by atoms with Crippen molar-refractivity contribution in [2.45, 2.75) is 0 Å². The molecule has 0 N–H and O–H groups in total. The maximum absolute atomic E-state index is 11.5. The van der Waals surface area contributed by atoms with Crippen LogP contribution in [-0.2, 0) is 7.48 Å². The van der Waals surface area contributed by atoms with Gasteiger partial charge in [-0.15, -0.1) is 0 Å². The van der Waals surface area contributed by atoms with Crippen molar-refractivity contribution in [3.63, 3.8) is 0 Å². The molecule has 0 saturated carbocycles. The van der Waals surface area contributed by atoms with Crippen LogP contribution in [-0.4, -0.2) is 32.2 Å². The second-order valence-electron chi connectivity index (χ2n) is 0.810. The fraction of sp³-hybridized carbons (Fsp3) is 0. The van der Waals surface area contributed by atoms with E-state index in [0.717, 1.165) is 0 Å². The molecule has 7 heavy (non-hydrogen) atoms. The van der Waals surface area contributed by atoms with Crippen molar-refractivity contribution in [2.75, 3.05) is 0 Å². The summed E-state index contributed by atoms with van der Waals surface area (Å²) in [4.78, 5) is 9.86. The molecule has 0 atom stereocenters. The Morgan fingerprint density at radius 2 is 2.29 bits per heavy atom. The van der Waals surface area contributed by atoms with E-state index in [1.165, 1.54) is 0 Å². The van der Waals surface area contributed by atoms with Gasteiger partial charge in [-0.25, -0.2) is 0 Å². The first-order chi connectivity index (χ1) is 3.18. The molecule has 0 aromatic rings. The van der Waals surface area contributed by atoms with Gasteiger partial charge in [0, 0.05) is 0 Å². The van der Waals surface area contributed by atoms with E-state index in [4.69, 9.17) is 0 Å². The van der Waals surface area contributed by atoms with Gasteiger partial charge in [-0.2, -0.15) is 0 Å². The van der Waals surface area contributed by atoms with Crippen molar-refractivity contribution in [2.24, 2.45) is 0 Å². The molecule has 0 aromatic carbocycles. The van der Waals surface area contributed by atoms with Gasteiger partial charge >= 0.3 is 56.5 Å². The first kappa shape index (κ1) is 7.06. The Morgan fingerprint density at radius 3 is 2.29 bits per heavy atom. The molecule has 0 aliphatic heterocycles. The molecule has 0 saturated heterocycles. The molecule has 0 aliphatic rings. The topological polar surface area (TPSA) is 26.3 Å². The second-order valence-corrected chi connectivity index (χ2v) is 1.73. The summed E-state index contributed by atoms with van der Waals surface area (Å²) in [5.74, 6) is -1.97. The summed E-state index contributed by atoms with van der Waals surface area (Å²) in [7, 11) is 0. The first-order valence-corrected chi connectivity index (χ1v) is 3.27. The number of rotatable bonds is 1. The van der Waals surface area contributed by atoms with Crippen LogP contribution >= 0.6 is 0 Å². The standard InChI is InChI=1S/C3H3FO2.Tl/c1-2(4)3(5)6;/h1H2,(H,5,6);/q;+1/p-1. The summed E-state index contributed by atoms with van der Waals surface area (Å²) < 4.78 is 15.5. The molecule has 0 spiro atoms. The quantitative estimate of drug-likeness (QED) is 0.506. The molecule has 0 unspecified atom stereocenters. The van der Waals surface area contributed by atoms with Gasteiger partial charge in [0.1, 0.15) is 0 Å². The number of hydrogen-bond donors (Lipinski definition) is 0. The monoisotopic (exact) mass is 294 g/mol. The molecular formula is C3H2FO2Tl. The van der Waals surface area contributed by atoms with Crippen LogP contribution in [0.4, 0.5) is 4.39 Å².